The molecule has 8 nitrogen and oxygen atoms in total. The van der Waals surface area contributed by atoms with Gasteiger partial charge in [-0.15, -0.1) is 0 Å². The number of aromatic nitrogens is 4. The van der Waals surface area contributed by atoms with Crippen LogP contribution in [0, 0.1) is 0 Å². The van der Waals surface area contributed by atoms with Crippen LogP contribution in [-0.2, 0) is 7.05 Å². The van der Waals surface area contributed by atoms with Gasteiger partial charge in [-0.25, -0.2) is 0 Å². The highest BCUT2D eigenvalue weighted by Gasteiger charge is 2.34. The first-order chi connectivity index (χ1) is 16.5. The summed E-state index contributed by atoms with van der Waals surface area (Å²) in [7, 11) is 1.69. The van der Waals surface area contributed by atoms with E-state index in [1.807, 2.05) is 41.3 Å². The summed E-state index contributed by atoms with van der Waals surface area (Å²) < 4.78 is 1.46. The van der Waals surface area contributed by atoms with Crippen molar-refractivity contribution in [1.82, 2.24) is 30.0 Å². The van der Waals surface area contributed by atoms with E-state index in [2.05, 4.69) is 20.4 Å². The van der Waals surface area contributed by atoms with Gasteiger partial charge in [0.2, 0.25) is 0 Å². The van der Waals surface area contributed by atoms with Gasteiger partial charge in [0.05, 0.1) is 22.8 Å². The van der Waals surface area contributed by atoms with E-state index in [0.29, 0.717) is 41.3 Å². The van der Waals surface area contributed by atoms with Crippen LogP contribution in [0.4, 0.5) is 0 Å². The minimum Gasteiger partial charge on any atom is -0.348 e. The van der Waals surface area contributed by atoms with E-state index in [0.717, 1.165) is 11.1 Å². The Kier molecular flexibility index (Phi) is 5.98. The Balaban J connectivity index is 1.39. The molecule has 0 saturated carbocycles. The maximum Gasteiger partial charge on any atom is 0.256 e. The van der Waals surface area contributed by atoms with E-state index in [9.17, 15) is 9.59 Å². The van der Waals surface area contributed by atoms with Crippen LogP contribution in [0.3, 0.4) is 0 Å². The lowest BCUT2D eigenvalue weighted by Crippen LogP contribution is -2.51. The Hall–Kier alpha value is -3.78. The molecule has 0 bridgehead atoms. The molecule has 1 fully saturated rings. The van der Waals surface area contributed by atoms with Crippen molar-refractivity contribution in [3.63, 3.8) is 0 Å². The number of aryl methyl sites for hydroxylation is 1. The lowest BCUT2D eigenvalue weighted by molar-refractivity contribution is 0.0672. The van der Waals surface area contributed by atoms with E-state index in [1.54, 1.807) is 31.6 Å². The van der Waals surface area contributed by atoms with Crippen molar-refractivity contribution in [3.8, 4) is 0 Å². The number of amides is 2. The smallest absolute Gasteiger partial charge is 0.256 e. The van der Waals surface area contributed by atoms with Crippen LogP contribution < -0.4 is 5.32 Å². The zero-order valence-corrected chi connectivity index (χ0v) is 19.3. The van der Waals surface area contributed by atoms with Gasteiger partial charge in [-0.2, -0.15) is 5.10 Å². The number of hydrogen-bond acceptors (Lipinski definition) is 5. The Morgan fingerprint density at radius 3 is 2.56 bits per heavy atom. The third kappa shape index (κ3) is 4.24. The van der Waals surface area contributed by atoms with Crippen LogP contribution in [0.2, 0.25) is 5.15 Å². The van der Waals surface area contributed by atoms with Gasteiger partial charge >= 0.3 is 0 Å². The van der Waals surface area contributed by atoms with Gasteiger partial charge in [0.1, 0.15) is 5.15 Å². The number of carbonyl (C=O) groups is 2. The van der Waals surface area contributed by atoms with Crippen LogP contribution in [0.25, 0.3) is 11.0 Å². The molecular formula is C25H23ClN6O2. The second kappa shape index (κ2) is 9.23. The van der Waals surface area contributed by atoms with Crippen molar-refractivity contribution >= 4 is 34.4 Å². The van der Waals surface area contributed by atoms with Crippen molar-refractivity contribution in [2.45, 2.75) is 18.4 Å². The first-order valence-electron chi connectivity index (χ1n) is 11.0. The van der Waals surface area contributed by atoms with Gasteiger partial charge in [-0.1, -0.05) is 41.9 Å². The number of likely N-dealkylation sites (tertiary alicyclic amines) is 1. The molecule has 2 aromatic heterocycles. The van der Waals surface area contributed by atoms with Crippen molar-refractivity contribution < 1.29 is 9.59 Å². The lowest BCUT2D eigenvalue weighted by atomic mass is 9.85. The number of fused-ring (bicyclic) bond motifs is 1. The number of piperidine rings is 1. The third-order valence-corrected chi connectivity index (χ3v) is 6.72. The fourth-order valence-electron chi connectivity index (χ4n) is 4.45. The number of benzene rings is 2. The molecule has 2 amide bonds. The molecule has 1 saturated heterocycles. The van der Waals surface area contributed by atoms with Gasteiger partial charge in [0, 0.05) is 50.1 Å². The normalized spacial score (nSPS) is 18.1. The summed E-state index contributed by atoms with van der Waals surface area (Å²) >= 11 is 6.23. The molecule has 2 aromatic carbocycles. The quantitative estimate of drug-likeness (QED) is 0.489. The Bertz CT molecular complexity index is 1360. The molecule has 172 valence electrons. The van der Waals surface area contributed by atoms with Gasteiger partial charge in [-0.05, 0) is 30.2 Å². The summed E-state index contributed by atoms with van der Waals surface area (Å²) in [6, 6.07) is 15.2. The highest BCUT2D eigenvalue weighted by atomic mass is 35.5. The molecule has 4 aromatic rings. The number of rotatable bonds is 4. The first kappa shape index (κ1) is 22.0. The standard InChI is InChI=1S/C25H23ClN6O2/c1-31-23(26)18(14-29-31)24(33)30-20-9-12-32(15-19(20)16-5-3-2-4-6-16)25(34)17-7-8-21-22(13-17)28-11-10-27-21/h2-8,10-11,13-14,19-20H,9,12,15H2,1H3,(H,30,33)/t19-,20-/m1/s1. The number of carbonyl (C=O) groups excluding carboxylic acids is 2. The van der Waals surface area contributed by atoms with E-state index in [4.69, 9.17) is 11.6 Å². The molecule has 0 radical (unpaired) electrons. The molecule has 3 heterocycles. The Morgan fingerprint density at radius 1 is 1.06 bits per heavy atom. The van der Waals surface area contributed by atoms with E-state index >= 15 is 0 Å². The molecule has 34 heavy (non-hydrogen) atoms. The van der Waals surface area contributed by atoms with Crippen LogP contribution >= 0.6 is 11.6 Å². The van der Waals surface area contributed by atoms with Crippen LogP contribution in [0.15, 0.2) is 67.1 Å². The molecule has 1 aliphatic rings. The van der Waals surface area contributed by atoms with Gasteiger partial charge in [0.25, 0.3) is 11.8 Å². The van der Waals surface area contributed by atoms with E-state index in [1.165, 1.54) is 10.9 Å². The molecule has 1 N–H and O–H groups in total. The highest BCUT2D eigenvalue weighted by Crippen LogP contribution is 2.29. The van der Waals surface area contributed by atoms with E-state index in [-0.39, 0.29) is 23.8 Å². The SMILES string of the molecule is Cn1ncc(C(=O)N[C@@H]2CCN(C(=O)c3ccc4nccnc4c3)C[C@@H]2c2ccccc2)c1Cl. The van der Waals surface area contributed by atoms with Crippen molar-refractivity contribution in [2.75, 3.05) is 13.1 Å². The molecule has 0 unspecified atom stereocenters. The maximum atomic E-state index is 13.4. The maximum absolute atomic E-state index is 13.4. The minimum atomic E-state index is -0.267. The molecule has 9 heteroatoms. The van der Waals surface area contributed by atoms with Gasteiger partial charge < -0.3 is 10.2 Å². The minimum absolute atomic E-state index is 0.0615. The second-order valence-electron chi connectivity index (χ2n) is 8.37. The van der Waals surface area contributed by atoms with Crippen LogP contribution in [0.5, 0.6) is 0 Å². The molecule has 1 aliphatic heterocycles. The van der Waals surface area contributed by atoms with Crippen LogP contribution in [-0.4, -0.2) is 55.6 Å². The lowest BCUT2D eigenvalue weighted by Gasteiger charge is -2.39. The van der Waals surface area contributed by atoms with Gasteiger partial charge in [-0.3, -0.25) is 24.2 Å². The molecule has 0 spiro atoms. The summed E-state index contributed by atoms with van der Waals surface area (Å²) in [5.74, 6) is -0.399. The first-order valence-corrected chi connectivity index (χ1v) is 11.4. The van der Waals surface area contributed by atoms with Crippen LogP contribution in [0.1, 0.15) is 38.6 Å². The summed E-state index contributed by atoms with van der Waals surface area (Å²) in [6.45, 7) is 0.999. The van der Waals surface area contributed by atoms with Crippen molar-refractivity contribution in [1.29, 1.82) is 0 Å². The van der Waals surface area contributed by atoms with Crippen molar-refractivity contribution in [3.05, 3.63) is 89.0 Å². The fourth-order valence-corrected chi connectivity index (χ4v) is 4.63. The Labute approximate surface area is 201 Å². The number of nitrogens with one attached hydrogen (secondary N) is 1. The van der Waals surface area contributed by atoms with E-state index < -0.39 is 0 Å². The number of hydrogen-bond donors (Lipinski definition) is 1. The predicted octanol–water partition coefficient (Wildman–Crippen LogP) is 3.45. The van der Waals surface area contributed by atoms with Gasteiger partial charge in [0.15, 0.2) is 0 Å². The summed E-state index contributed by atoms with van der Waals surface area (Å²) in [5, 5.41) is 7.48. The zero-order valence-electron chi connectivity index (χ0n) is 18.6. The average molecular weight is 475 g/mol. The number of halogens is 1. The molecule has 2 atom stereocenters. The monoisotopic (exact) mass is 474 g/mol. The zero-order chi connectivity index (χ0) is 23.7. The topological polar surface area (TPSA) is 93.0 Å². The van der Waals surface area contributed by atoms with Crippen molar-refractivity contribution in [2.24, 2.45) is 7.05 Å². The fraction of sp³-hybridized carbons (Fsp3) is 0.240. The Morgan fingerprint density at radius 2 is 1.82 bits per heavy atom. The summed E-state index contributed by atoms with van der Waals surface area (Å²) in [4.78, 5) is 36.8. The summed E-state index contributed by atoms with van der Waals surface area (Å²) in [6.07, 6.45) is 5.33. The summed E-state index contributed by atoms with van der Waals surface area (Å²) in [5.41, 5.74) is 3.41. The average Bonchev–Trinajstić information content (AvgIpc) is 3.22. The largest absolute Gasteiger partial charge is 0.348 e. The predicted molar refractivity (Wildman–Crippen MR) is 129 cm³/mol. The second-order valence-corrected chi connectivity index (χ2v) is 8.73. The highest BCUT2D eigenvalue weighted by molar-refractivity contribution is 6.32. The molecule has 0 aliphatic carbocycles. The number of nitrogens with zero attached hydrogens (tertiary/aromatic N) is 5. The molecular weight excluding hydrogens is 452 g/mol. The molecule has 5 rings (SSSR count). The third-order valence-electron chi connectivity index (χ3n) is 6.27.